The number of thioether (sulfide) groups is 1. The third-order valence-corrected chi connectivity index (χ3v) is 9.07. The summed E-state index contributed by atoms with van der Waals surface area (Å²) in [4.78, 5) is 28.7. The van der Waals surface area contributed by atoms with E-state index in [1.54, 1.807) is 16.7 Å². The van der Waals surface area contributed by atoms with E-state index in [0.717, 1.165) is 18.6 Å². The summed E-state index contributed by atoms with van der Waals surface area (Å²) in [6.07, 6.45) is 11.8. The van der Waals surface area contributed by atoms with Crippen molar-refractivity contribution in [3.63, 3.8) is 0 Å². The molecule has 3 atom stereocenters. The Morgan fingerprint density at radius 1 is 1.00 bits per heavy atom. The molecule has 1 unspecified atom stereocenters. The molecule has 0 bridgehead atoms. The standard InChI is InChI=1S/C25H35NO2S/c1-2-3-4-11-16-29-25-21(20-14-9-6-10-15-20)17-22(25)23(27)26(24(25)28)18-19-12-7-5-8-13-19/h6,9-10,14-15,19,21-22H,2-5,7-8,11-13,16-18H2,1H3/t21?,22-,25+/m1/s1. The van der Waals surface area contributed by atoms with Crippen molar-refractivity contribution in [3.05, 3.63) is 35.9 Å². The molecule has 1 aromatic carbocycles. The maximum Gasteiger partial charge on any atom is 0.246 e. The van der Waals surface area contributed by atoms with Gasteiger partial charge in [-0.3, -0.25) is 14.5 Å². The minimum atomic E-state index is -0.542. The zero-order valence-electron chi connectivity index (χ0n) is 17.8. The molecule has 3 aliphatic rings. The number of nitrogens with zero attached hydrogens (tertiary/aromatic N) is 1. The van der Waals surface area contributed by atoms with Crippen molar-refractivity contribution in [1.29, 1.82) is 0 Å². The number of imide groups is 1. The molecule has 1 aromatic rings. The fourth-order valence-corrected chi connectivity index (χ4v) is 7.40. The van der Waals surface area contributed by atoms with E-state index in [-0.39, 0.29) is 23.7 Å². The zero-order valence-corrected chi connectivity index (χ0v) is 18.6. The molecule has 158 valence electrons. The molecule has 29 heavy (non-hydrogen) atoms. The van der Waals surface area contributed by atoms with E-state index in [2.05, 4.69) is 31.2 Å². The average Bonchev–Trinajstić information content (AvgIpc) is 2.88. The Bertz CT molecular complexity index is 715. The van der Waals surface area contributed by atoms with Crippen LogP contribution in [-0.4, -0.2) is 33.8 Å². The largest absolute Gasteiger partial charge is 0.281 e. The van der Waals surface area contributed by atoms with Crippen LogP contribution in [0.15, 0.2) is 30.3 Å². The second-order valence-electron chi connectivity index (χ2n) is 9.21. The van der Waals surface area contributed by atoms with Gasteiger partial charge in [-0.05, 0) is 42.9 Å². The molecular weight excluding hydrogens is 378 g/mol. The molecule has 4 heteroatoms. The van der Waals surface area contributed by atoms with Crippen LogP contribution >= 0.6 is 11.8 Å². The third-order valence-electron chi connectivity index (χ3n) is 7.36. The van der Waals surface area contributed by atoms with Gasteiger partial charge < -0.3 is 0 Å². The van der Waals surface area contributed by atoms with Crippen LogP contribution < -0.4 is 0 Å². The van der Waals surface area contributed by atoms with Gasteiger partial charge in [0.2, 0.25) is 11.8 Å². The van der Waals surface area contributed by atoms with E-state index >= 15 is 0 Å². The van der Waals surface area contributed by atoms with Gasteiger partial charge in [0, 0.05) is 12.5 Å². The van der Waals surface area contributed by atoms with Crippen LogP contribution in [0, 0.1) is 11.8 Å². The normalized spacial score (nSPS) is 29.8. The number of unbranched alkanes of at least 4 members (excludes halogenated alkanes) is 3. The molecule has 0 N–H and O–H groups in total. The topological polar surface area (TPSA) is 37.4 Å². The summed E-state index contributed by atoms with van der Waals surface area (Å²) < 4.78 is -0.542. The smallest absolute Gasteiger partial charge is 0.246 e. The molecule has 0 aromatic heterocycles. The summed E-state index contributed by atoms with van der Waals surface area (Å²) in [5, 5.41) is 0. The van der Waals surface area contributed by atoms with E-state index in [1.807, 2.05) is 6.07 Å². The quantitative estimate of drug-likeness (QED) is 0.380. The summed E-state index contributed by atoms with van der Waals surface area (Å²) in [6.45, 7) is 2.88. The number of fused-ring (bicyclic) bond motifs is 1. The van der Waals surface area contributed by atoms with Gasteiger partial charge in [0.25, 0.3) is 0 Å². The van der Waals surface area contributed by atoms with Crippen LogP contribution in [0.2, 0.25) is 0 Å². The number of rotatable bonds is 9. The van der Waals surface area contributed by atoms with Crippen molar-refractivity contribution < 1.29 is 9.59 Å². The second kappa shape index (κ2) is 9.24. The fraction of sp³-hybridized carbons (Fsp3) is 0.680. The number of amides is 2. The summed E-state index contributed by atoms with van der Waals surface area (Å²) >= 11 is 1.80. The Hall–Kier alpha value is -1.29. The fourth-order valence-electron chi connectivity index (χ4n) is 5.65. The maximum absolute atomic E-state index is 13.8. The zero-order chi connectivity index (χ0) is 20.3. The first kappa shape index (κ1) is 21.0. The summed E-state index contributed by atoms with van der Waals surface area (Å²) in [5.41, 5.74) is 1.23. The molecule has 3 nitrogen and oxygen atoms in total. The molecule has 1 heterocycles. The van der Waals surface area contributed by atoms with Crippen molar-refractivity contribution >= 4 is 23.6 Å². The van der Waals surface area contributed by atoms with Crippen LogP contribution in [0.3, 0.4) is 0 Å². The molecular formula is C25H35NO2S. The van der Waals surface area contributed by atoms with Crippen molar-refractivity contribution in [2.75, 3.05) is 12.3 Å². The van der Waals surface area contributed by atoms with Gasteiger partial charge in [-0.15, -0.1) is 11.8 Å². The molecule has 3 fully saturated rings. The lowest BCUT2D eigenvalue weighted by Gasteiger charge is -2.48. The monoisotopic (exact) mass is 413 g/mol. The Labute approximate surface area is 180 Å². The van der Waals surface area contributed by atoms with Crippen molar-refractivity contribution in [3.8, 4) is 0 Å². The predicted octanol–water partition coefficient (Wildman–Crippen LogP) is 5.79. The van der Waals surface area contributed by atoms with Crippen molar-refractivity contribution in [2.24, 2.45) is 11.8 Å². The summed E-state index contributed by atoms with van der Waals surface area (Å²) in [6, 6.07) is 10.4. The first-order valence-corrected chi connectivity index (χ1v) is 12.7. The molecule has 4 rings (SSSR count). The first-order valence-electron chi connectivity index (χ1n) is 11.7. The van der Waals surface area contributed by atoms with Gasteiger partial charge in [0.1, 0.15) is 4.75 Å². The van der Waals surface area contributed by atoms with E-state index in [9.17, 15) is 9.59 Å². The van der Waals surface area contributed by atoms with Gasteiger partial charge in [-0.2, -0.15) is 0 Å². The molecule has 1 saturated heterocycles. The number of carbonyl (C=O) groups excluding carboxylic acids is 2. The number of carbonyl (C=O) groups is 2. The Morgan fingerprint density at radius 3 is 2.48 bits per heavy atom. The van der Waals surface area contributed by atoms with E-state index in [1.165, 1.54) is 56.9 Å². The minimum absolute atomic E-state index is 0.111. The molecule has 2 amide bonds. The first-order chi connectivity index (χ1) is 14.2. The highest BCUT2D eigenvalue weighted by Gasteiger charge is 2.70. The number of benzene rings is 1. The number of hydrogen-bond donors (Lipinski definition) is 0. The second-order valence-corrected chi connectivity index (χ2v) is 10.6. The Balaban J connectivity index is 1.53. The lowest BCUT2D eigenvalue weighted by molar-refractivity contribution is -0.140. The molecule has 1 aliphatic heterocycles. The molecule has 2 aliphatic carbocycles. The molecule has 2 saturated carbocycles. The van der Waals surface area contributed by atoms with E-state index < -0.39 is 4.75 Å². The van der Waals surface area contributed by atoms with Crippen LogP contribution in [0.5, 0.6) is 0 Å². The predicted molar refractivity (Wildman–Crippen MR) is 120 cm³/mol. The highest BCUT2D eigenvalue weighted by molar-refractivity contribution is 8.01. The Morgan fingerprint density at radius 2 is 1.76 bits per heavy atom. The van der Waals surface area contributed by atoms with Gasteiger partial charge >= 0.3 is 0 Å². The lowest BCUT2D eigenvalue weighted by Crippen LogP contribution is -2.54. The van der Waals surface area contributed by atoms with Crippen LogP contribution in [-0.2, 0) is 9.59 Å². The highest BCUT2D eigenvalue weighted by atomic mass is 32.2. The highest BCUT2D eigenvalue weighted by Crippen LogP contribution is 2.63. The molecule has 0 spiro atoms. The van der Waals surface area contributed by atoms with Crippen LogP contribution in [0.4, 0.5) is 0 Å². The van der Waals surface area contributed by atoms with E-state index in [4.69, 9.17) is 0 Å². The lowest BCUT2D eigenvalue weighted by atomic mass is 9.62. The summed E-state index contributed by atoms with van der Waals surface area (Å²) in [5.74, 6) is 1.80. The van der Waals surface area contributed by atoms with Crippen molar-refractivity contribution in [2.45, 2.75) is 81.8 Å². The number of likely N-dealkylation sites (tertiary alicyclic amines) is 1. The van der Waals surface area contributed by atoms with Crippen LogP contribution in [0.1, 0.15) is 82.6 Å². The van der Waals surface area contributed by atoms with E-state index in [0.29, 0.717) is 12.5 Å². The molecule has 0 radical (unpaired) electrons. The third kappa shape index (κ3) is 3.89. The SMILES string of the molecule is CCCCCCS[C@]12C(=O)N(CC3CCCCC3)C(=O)[C@H]1CC2c1ccccc1. The van der Waals surface area contributed by atoms with Crippen molar-refractivity contribution in [1.82, 2.24) is 4.90 Å². The number of hydrogen-bond acceptors (Lipinski definition) is 3. The van der Waals surface area contributed by atoms with Crippen LogP contribution in [0.25, 0.3) is 0 Å². The van der Waals surface area contributed by atoms with Gasteiger partial charge in [0.15, 0.2) is 0 Å². The average molecular weight is 414 g/mol. The minimum Gasteiger partial charge on any atom is -0.281 e. The maximum atomic E-state index is 13.8. The van der Waals surface area contributed by atoms with Gasteiger partial charge in [-0.1, -0.05) is 75.8 Å². The van der Waals surface area contributed by atoms with Gasteiger partial charge in [-0.25, -0.2) is 0 Å². The summed E-state index contributed by atoms with van der Waals surface area (Å²) in [7, 11) is 0. The van der Waals surface area contributed by atoms with Gasteiger partial charge in [0.05, 0.1) is 5.92 Å². The Kier molecular flexibility index (Phi) is 6.68.